The summed E-state index contributed by atoms with van der Waals surface area (Å²) >= 11 is 0. The first-order valence-electron chi connectivity index (χ1n) is 21.4. The maximum atomic E-state index is 16.0. The van der Waals surface area contributed by atoms with Gasteiger partial charge in [-0.25, -0.2) is 0 Å². The largest absolute Gasteiger partial charge is 0.507 e. The van der Waals surface area contributed by atoms with E-state index in [1.54, 1.807) is 6.07 Å². The zero-order chi connectivity index (χ0) is 46.3. The number of aliphatic hydroxyl groups excluding tert-OH is 1. The molecule has 3 aromatic rings. The number of phenols is 1. The van der Waals surface area contributed by atoms with Crippen molar-refractivity contribution in [3.8, 4) is 34.5 Å². The van der Waals surface area contributed by atoms with Crippen LogP contribution in [0.2, 0.25) is 51.4 Å². The van der Waals surface area contributed by atoms with Gasteiger partial charge < -0.3 is 62.3 Å². The molecule has 0 bridgehead atoms. The minimum Gasteiger partial charge on any atom is -0.507 e. The molecule has 348 valence electrons. The highest BCUT2D eigenvalue weighted by atomic mass is 28.3. The van der Waals surface area contributed by atoms with E-state index >= 15 is 4.79 Å². The number of hydrogen-bond donors (Lipinski definition) is 2. The molecule has 1 aliphatic heterocycles. The molecule has 0 saturated heterocycles. The van der Waals surface area contributed by atoms with Crippen LogP contribution in [0.5, 0.6) is 34.5 Å². The van der Waals surface area contributed by atoms with Crippen LogP contribution in [0.3, 0.4) is 0 Å². The van der Waals surface area contributed by atoms with Gasteiger partial charge in [0.1, 0.15) is 53.8 Å². The highest BCUT2D eigenvalue weighted by Crippen LogP contribution is 2.64. The summed E-state index contributed by atoms with van der Waals surface area (Å²) in [4.78, 5) is 45.5. The molecule has 16 nitrogen and oxygen atoms in total. The van der Waals surface area contributed by atoms with Crippen molar-refractivity contribution < 1.29 is 76.7 Å². The van der Waals surface area contributed by atoms with Crippen molar-refractivity contribution in [2.45, 2.75) is 87.9 Å². The first kappa shape index (κ1) is 47.4. The fourth-order valence-electron chi connectivity index (χ4n) is 9.19. The predicted molar refractivity (Wildman–Crippen MR) is 240 cm³/mol. The number of methoxy groups -OCH3 is 4. The minimum atomic E-state index is -2.32. The molecule has 3 aromatic carbocycles. The van der Waals surface area contributed by atoms with Crippen LogP contribution >= 0.6 is 0 Å². The Morgan fingerprint density at radius 1 is 0.703 bits per heavy atom. The summed E-state index contributed by atoms with van der Waals surface area (Å²) in [6.07, 6.45) is -2.66. The third-order valence-corrected chi connectivity index (χ3v) is 15.7. The fourth-order valence-corrected chi connectivity index (χ4v) is 10.7. The van der Waals surface area contributed by atoms with E-state index < -0.39 is 68.9 Å². The van der Waals surface area contributed by atoms with E-state index in [2.05, 4.69) is 39.3 Å². The summed E-state index contributed by atoms with van der Waals surface area (Å²) in [5.41, 5.74) is -2.58. The van der Waals surface area contributed by atoms with Crippen molar-refractivity contribution >= 4 is 50.0 Å². The van der Waals surface area contributed by atoms with E-state index in [1.807, 2.05) is 0 Å². The van der Waals surface area contributed by atoms with Crippen molar-refractivity contribution in [3.05, 3.63) is 52.1 Å². The summed E-state index contributed by atoms with van der Waals surface area (Å²) in [6, 6.07) is 7.77. The van der Waals surface area contributed by atoms with E-state index in [4.69, 9.17) is 52.1 Å². The van der Waals surface area contributed by atoms with Gasteiger partial charge in [0.15, 0.2) is 25.2 Å². The number of phenolic OH excluding ortho intramolecular Hbond substituents is 1. The second-order valence-corrected chi connectivity index (χ2v) is 30.2. The van der Waals surface area contributed by atoms with Gasteiger partial charge in [-0.05, 0) is 24.2 Å². The Balaban J connectivity index is 1.52. The number of carbonyl (C=O) groups excluding carboxylic acids is 3. The van der Waals surface area contributed by atoms with Crippen molar-refractivity contribution in [2.24, 2.45) is 5.92 Å². The SMILES string of the molecule is COCOc1cc(OC)cc2c1C(O)=C1C(=O)C[C@@H](OCOCC[Si](C)(C)C)[C@@H]3[C@@H]4c5c(c(O)c6c(OCOC)cc(OC)cc6c5O[C@]13C2=O)C(=O)C[C@H]4OCOCC[Si](C)(C)C. The van der Waals surface area contributed by atoms with Gasteiger partial charge in [0.05, 0.1) is 48.5 Å². The van der Waals surface area contributed by atoms with Crippen molar-refractivity contribution in [1.82, 2.24) is 0 Å². The van der Waals surface area contributed by atoms with Crippen molar-refractivity contribution in [1.29, 1.82) is 0 Å². The summed E-state index contributed by atoms with van der Waals surface area (Å²) in [5.74, 6) is -4.30. The average Bonchev–Trinajstić information content (AvgIpc) is 3.24. The molecule has 7 rings (SSSR count). The summed E-state index contributed by atoms with van der Waals surface area (Å²) in [5, 5.41) is 25.1. The molecule has 1 saturated carbocycles. The van der Waals surface area contributed by atoms with Crippen LogP contribution in [0.15, 0.2) is 29.8 Å². The molecule has 4 aliphatic rings. The third-order valence-electron chi connectivity index (χ3n) is 12.3. The van der Waals surface area contributed by atoms with Crippen LogP contribution in [-0.2, 0) is 33.2 Å². The molecule has 0 radical (unpaired) electrons. The molecule has 0 unspecified atom stereocenters. The zero-order valence-electron chi connectivity index (χ0n) is 38.3. The van der Waals surface area contributed by atoms with E-state index in [9.17, 15) is 19.8 Å². The Morgan fingerprint density at radius 3 is 1.86 bits per heavy atom. The lowest BCUT2D eigenvalue weighted by atomic mass is 9.54. The molecule has 2 N–H and O–H groups in total. The number of rotatable bonds is 20. The summed E-state index contributed by atoms with van der Waals surface area (Å²) < 4.78 is 65.9. The first-order valence-corrected chi connectivity index (χ1v) is 28.8. The molecule has 0 amide bonds. The Kier molecular flexibility index (Phi) is 13.9. The van der Waals surface area contributed by atoms with Gasteiger partial charge in [-0.2, -0.15) is 0 Å². The lowest BCUT2D eigenvalue weighted by Crippen LogP contribution is -2.68. The van der Waals surface area contributed by atoms with E-state index in [0.29, 0.717) is 13.2 Å². The van der Waals surface area contributed by atoms with Gasteiger partial charge in [0, 0.05) is 96.9 Å². The topological polar surface area (TPSA) is 193 Å². The molecule has 3 aliphatic carbocycles. The molecule has 1 heterocycles. The van der Waals surface area contributed by atoms with Crippen molar-refractivity contribution in [2.75, 3.05) is 68.8 Å². The molecule has 1 fully saturated rings. The molecule has 1 spiro atoms. The zero-order valence-corrected chi connectivity index (χ0v) is 40.3. The minimum absolute atomic E-state index is 0.0211. The summed E-state index contributed by atoms with van der Waals surface area (Å²) in [6.45, 7) is 13.3. The van der Waals surface area contributed by atoms with Crippen LogP contribution in [0.1, 0.15) is 50.6 Å². The van der Waals surface area contributed by atoms with Crippen LogP contribution in [0, 0.1) is 5.92 Å². The maximum Gasteiger partial charge on any atom is 0.212 e. The predicted octanol–water partition coefficient (Wildman–Crippen LogP) is 7.48. The van der Waals surface area contributed by atoms with Gasteiger partial charge >= 0.3 is 0 Å². The van der Waals surface area contributed by atoms with Crippen LogP contribution in [0.4, 0.5) is 0 Å². The Hall–Kier alpha value is -4.54. The van der Waals surface area contributed by atoms with E-state index in [0.717, 1.165) is 12.1 Å². The fraction of sp³-hybridized carbons (Fsp3) is 0.543. The number of aromatic hydroxyl groups is 1. The second-order valence-electron chi connectivity index (χ2n) is 18.9. The Bertz CT molecular complexity index is 2330. The average molecular weight is 925 g/mol. The Labute approximate surface area is 374 Å². The molecular weight excluding hydrogens is 865 g/mol. The standard InChI is InChI=1S/C46H60O16Si2/c1-52-21-58-31-17-25(54-3)15-27-35(31)42(49)37-29(47)19-33(60-23-56-11-13-63(5,6)7)38-39(37)44(27)62-46-40(30(48)20-34(41(38)46)61-24-57-12-14-64(8,9)10)43(50)36-28(45(46)51)16-26(55-4)18-32(36)59-22-53-2/h15-18,33-34,38,41,49-50H,11-14,19-24H2,1-10H3/t33-,34-,38+,41-,46-/m1/s1. The van der Waals surface area contributed by atoms with Gasteiger partial charge in [-0.3, -0.25) is 14.4 Å². The number of carbonyl (C=O) groups is 3. The molecule has 64 heavy (non-hydrogen) atoms. The van der Waals surface area contributed by atoms with Crippen LogP contribution in [-0.4, -0.2) is 130 Å². The maximum absolute atomic E-state index is 16.0. The molecule has 0 aromatic heterocycles. The van der Waals surface area contributed by atoms with E-state index in [-0.39, 0.29) is 113 Å². The first-order chi connectivity index (χ1) is 30.4. The van der Waals surface area contributed by atoms with Crippen LogP contribution in [0.25, 0.3) is 16.5 Å². The number of Topliss-reactive ketones (excluding diaryl/α,β-unsaturated/α-hetero) is 3. The Morgan fingerprint density at radius 2 is 1.27 bits per heavy atom. The molecular formula is C46H60O16Si2. The highest BCUT2D eigenvalue weighted by Gasteiger charge is 2.70. The number of hydrogen-bond acceptors (Lipinski definition) is 16. The molecule has 5 atom stereocenters. The van der Waals surface area contributed by atoms with E-state index in [1.165, 1.54) is 46.6 Å². The normalized spacial score (nSPS) is 22.7. The molecule has 18 heteroatoms. The number of ether oxygens (including phenoxy) is 11. The monoisotopic (exact) mass is 924 g/mol. The number of fused-ring (bicyclic) bond motifs is 4. The lowest BCUT2D eigenvalue weighted by molar-refractivity contribution is -0.170. The smallest absolute Gasteiger partial charge is 0.212 e. The highest BCUT2D eigenvalue weighted by molar-refractivity contribution is 6.76. The third kappa shape index (κ3) is 8.78. The van der Waals surface area contributed by atoms with Gasteiger partial charge in [-0.15, -0.1) is 0 Å². The number of ketones is 3. The second kappa shape index (κ2) is 18.8. The number of aliphatic hydroxyl groups is 1. The van der Waals surface area contributed by atoms with Gasteiger partial charge in [-0.1, -0.05) is 39.3 Å². The van der Waals surface area contributed by atoms with Crippen molar-refractivity contribution in [3.63, 3.8) is 0 Å². The quantitative estimate of drug-likeness (QED) is 0.0643. The van der Waals surface area contributed by atoms with Gasteiger partial charge in [0.25, 0.3) is 0 Å². The van der Waals surface area contributed by atoms with Crippen LogP contribution < -0.4 is 23.7 Å². The lowest BCUT2D eigenvalue weighted by Gasteiger charge is -2.56. The summed E-state index contributed by atoms with van der Waals surface area (Å²) in [7, 11) is 2.74. The number of benzene rings is 3. The van der Waals surface area contributed by atoms with Gasteiger partial charge in [0.2, 0.25) is 11.4 Å².